The maximum atomic E-state index is 12.2. The van der Waals surface area contributed by atoms with E-state index in [-0.39, 0.29) is 5.49 Å². The maximum Gasteiger partial charge on any atom is 0.299 e. The Labute approximate surface area is 119 Å². The number of benzene rings is 1. The molecule has 2 heterocycles. The third-order valence-corrected chi connectivity index (χ3v) is 3.27. The van der Waals surface area contributed by atoms with E-state index < -0.39 is 5.56 Å². The molecule has 104 valence electrons. The van der Waals surface area contributed by atoms with Crippen molar-refractivity contribution in [3.63, 3.8) is 0 Å². The number of fused-ring (bicyclic) bond motifs is 1. The lowest BCUT2D eigenvalue weighted by molar-refractivity contribution is 0.297. The van der Waals surface area contributed by atoms with E-state index in [1.54, 1.807) is 25.5 Å². The van der Waals surface area contributed by atoms with E-state index in [2.05, 4.69) is 15.1 Å². The van der Waals surface area contributed by atoms with Crippen molar-refractivity contribution in [2.75, 3.05) is 0 Å². The van der Waals surface area contributed by atoms with Crippen LogP contribution in [0.3, 0.4) is 0 Å². The molecule has 6 nitrogen and oxygen atoms in total. The van der Waals surface area contributed by atoms with Crippen LogP contribution in [0.15, 0.2) is 58.7 Å². The van der Waals surface area contributed by atoms with Gasteiger partial charge < -0.3 is 9.77 Å². The summed E-state index contributed by atoms with van der Waals surface area (Å²) in [5.74, 6) is 0. The zero-order valence-electron chi connectivity index (χ0n) is 11.3. The summed E-state index contributed by atoms with van der Waals surface area (Å²) >= 11 is 0. The molecule has 3 rings (SSSR count). The van der Waals surface area contributed by atoms with Gasteiger partial charge in [0.05, 0.1) is 17.4 Å². The fraction of sp³-hybridized carbons (Fsp3) is 0.0667. The first-order valence-electron chi connectivity index (χ1n) is 6.31. The highest BCUT2D eigenvalue weighted by molar-refractivity contribution is 5.91. The largest absolute Gasteiger partial charge is 0.409 e. The second-order valence-corrected chi connectivity index (χ2v) is 4.51. The van der Waals surface area contributed by atoms with Crippen LogP contribution in [-0.2, 0) is 7.05 Å². The van der Waals surface area contributed by atoms with Crippen LogP contribution in [-0.4, -0.2) is 19.7 Å². The monoisotopic (exact) mass is 280 g/mol. The van der Waals surface area contributed by atoms with Gasteiger partial charge in [-0.1, -0.05) is 35.5 Å². The van der Waals surface area contributed by atoms with Gasteiger partial charge in [0.1, 0.15) is 0 Å². The van der Waals surface area contributed by atoms with Gasteiger partial charge in [0, 0.05) is 24.2 Å². The highest BCUT2D eigenvalue weighted by atomic mass is 16.4. The lowest BCUT2D eigenvalue weighted by atomic mass is 10.1. The highest BCUT2D eigenvalue weighted by Crippen LogP contribution is 2.22. The molecule has 0 fully saturated rings. The number of hydrogen-bond donors (Lipinski definition) is 1. The van der Waals surface area contributed by atoms with E-state index in [0.29, 0.717) is 11.2 Å². The fourth-order valence-corrected chi connectivity index (χ4v) is 2.21. The average molecular weight is 280 g/mol. The second kappa shape index (κ2) is 5.16. The number of hydrogen-bond acceptors (Lipinski definition) is 5. The van der Waals surface area contributed by atoms with E-state index in [1.165, 1.54) is 4.57 Å². The van der Waals surface area contributed by atoms with E-state index >= 15 is 0 Å². The lowest BCUT2D eigenvalue weighted by Crippen LogP contribution is -2.32. The molecule has 0 aliphatic carbocycles. The molecule has 0 atom stereocenters. The van der Waals surface area contributed by atoms with Gasteiger partial charge in [-0.15, -0.1) is 0 Å². The van der Waals surface area contributed by atoms with Gasteiger partial charge in [0.25, 0.3) is 11.0 Å². The third kappa shape index (κ3) is 2.16. The number of nitrogens with zero attached hydrogens (tertiary/aromatic N) is 4. The maximum absolute atomic E-state index is 12.2. The van der Waals surface area contributed by atoms with Crippen LogP contribution in [0.25, 0.3) is 22.2 Å². The van der Waals surface area contributed by atoms with Gasteiger partial charge in [-0.05, 0) is 6.07 Å². The molecule has 0 aliphatic heterocycles. The van der Waals surface area contributed by atoms with Gasteiger partial charge in [-0.3, -0.25) is 9.78 Å². The molecule has 0 spiro atoms. The van der Waals surface area contributed by atoms with Crippen molar-refractivity contribution in [2.24, 2.45) is 12.2 Å². The lowest BCUT2D eigenvalue weighted by Gasteiger charge is -2.02. The molecule has 0 amide bonds. The highest BCUT2D eigenvalue weighted by Gasteiger charge is 2.09. The smallest absolute Gasteiger partial charge is 0.299 e. The van der Waals surface area contributed by atoms with E-state index in [9.17, 15) is 4.79 Å². The summed E-state index contributed by atoms with van der Waals surface area (Å²) in [5.41, 5.74) is 1.27. The molecule has 0 unspecified atom stereocenters. The minimum absolute atomic E-state index is 0.257. The summed E-state index contributed by atoms with van der Waals surface area (Å²) in [4.78, 5) is 20.5. The Morgan fingerprint density at radius 3 is 2.67 bits per heavy atom. The summed E-state index contributed by atoms with van der Waals surface area (Å²) in [6.45, 7) is 0. The molecule has 0 bridgehead atoms. The van der Waals surface area contributed by atoms with Crippen molar-refractivity contribution < 1.29 is 5.21 Å². The summed E-state index contributed by atoms with van der Waals surface area (Å²) in [6.07, 6.45) is 3.22. The fourth-order valence-electron chi connectivity index (χ4n) is 2.21. The molecule has 1 aromatic carbocycles. The molecule has 0 radical (unpaired) electrons. The normalized spacial score (nSPS) is 11.8. The first-order valence-corrected chi connectivity index (χ1v) is 6.31. The Morgan fingerprint density at radius 2 is 1.95 bits per heavy atom. The molecule has 0 saturated heterocycles. The molecular formula is C15H12N4O2. The second-order valence-electron chi connectivity index (χ2n) is 4.51. The van der Waals surface area contributed by atoms with Crippen molar-refractivity contribution in [3.8, 4) is 11.3 Å². The van der Waals surface area contributed by atoms with Gasteiger partial charge in [0.2, 0.25) is 0 Å². The number of pyridine rings is 1. The van der Waals surface area contributed by atoms with Crippen LogP contribution >= 0.6 is 0 Å². The summed E-state index contributed by atoms with van der Waals surface area (Å²) in [6, 6.07) is 11.2. The predicted octanol–water partition coefficient (Wildman–Crippen LogP) is 1.29. The number of rotatable bonds is 1. The third-order valence-electron chi connectivity index (χ3n) is 3.27. The first kappa shape index (κ1) is 13.0. The van der Waals surface area contributed by atoms with Crippen molar-refractivity contribution in [1.82, 2.24) is 14.5 Å². The van der Waals surface area contributed by atoms with Gasteiger partial charge in [-0.25, -0.2) is 4.98 Å². The Kier molecular flexibility index (Phi) is 3.19. The minimum atomic E-state index is -0.488. The van der Waals surface area contributed by atoms with Crippen molar-refractivity contribution in [3.05, 3.63) is 64.6 Å². The SMILES string of the molecule is Cn1c(=O)c(=NO)nc(-c2ccccc2)c2ccncc21. The van der Waals surface area contributed by atoms with E-state index in [1.807, 2.05) is 30.3 Å². The standard InChI is InChI=1S/C15H12N4O2/c1-19-12-9-16-8-7-11(12)13(10-5-3-2-4-6-10)17-14(18-21)15(19)20/h2-9,21H,1H3. The van der Waals surface area contributed by atoms with E-state index in [0.717, 1.165) is 10.9 Å². The molecule has 6 heteroatoms. The minimum Gasteiger partial charge on any atom is -0.409 e. The Hall–Kier alpha value is -3.02. The number of aromatic nitrogens is 3. The van der Waals surface area contributed by atoms with Crippen molar-refractivity contribution in [1.29, 1.82) is 0 Å². The molecule has 3 aromatic rings. The molecular weight excluding hydrogens is 268 g/mol. The molecule has 2 aromatic heterocycles. The topological polar surface area (TPSA) is 80.4 Å². The van der Waals surface area contributed by atoms with Crippen LogP contribution < -0.4 is 11.0 Å². The van der Waals surface area contributed by atoms with E-state index in [4.69, 9.17) is 5.21 Å². The van der Waals surface area contributed by atoms with Crippen molar-refractivity contribution >= 4 is 10.9 Å². The zero-order valence-corrected chi connectivity index (χ0v) is 11.3. The summed E-state index contributed by atoms with van der Waals surface area (Å²) < 4.78 is 1.37. The van der Waals surface area contributed by atoms with Crippen LogP contribution in [0.2, 0.25) is 0 Å². The van der Waals surface area contributed by atoms with Crippen molar-refractivity contribution in [2.45, 2.75) is 0 Å². The van der Waals surface area contributed by atoms with Crippen LogP contribution in [0.1, 0.15) is 0 Å². The summed E-state index contributed by atoms with van der Waals surface area (Å²) in [7, 11) is 1.59. The predicted molar refractivity (Wildman–Crippen MR) is 77.6 cm³/mol. The zero-order chi connectivity index (χ0) is 14.8. The Bertz CT molecular complexity index is 933. The van der Waals surface area contributed by atoms with Crippen LogP contribution in [0.4, 0.5) is 0 Å². The summed E-state index contributed by atoms with van der Waals surface area (Å²) in [5, 5.41) is 12.8. The van der Waals surface area contributed by atoms with Gasteiger partial charge >= 0.3 is 0 Å². The molecule has 21 heavy (non-hydrogen) atoms. The molecule has 0 saturated carbocycles. The molecule has 1 N–H and O–H groups in total. The average Bonchev–Trinajstić information content (AvgIpc) is 2.65. The van der Waals surface area contributed by atoms with Gasteiger partial charge in [0.15, 0.2) is 0 Å². The van der Waals surface area contributed by atoms with Crippen LogP contribution in [0, 0.1) is 0 Å². The first-order chi connectivity index (χ1) is 10.2. The Balaban J connectivity index is 2.60. The van der Waals surface area contributed by atoms with Crippen LogP contribution in [0.5, 0.6) is 0 Å². The Morgan fingerprint density at radius 1 is 1.19 bits per heavy atom. The molecule has 0 aliphatic rings. The number of aryl methyl sites for hydroxylation is 1. The quantitative estimate of drug-likeness (QED) is 0.538. The van der Waals surface area contributed by atoms with Gasteiger partial charge in [-0.2, -0.15) is 0 Å².